The van der Waals surface area contributed by atoms with Crippen LogP contribution in [0, 0.1) is 5.82 Å². The number of hydrogen-bond acceptors (Lipinski definition) is 3. The van der Waals surface area contributed by atoms with E-state index in [9.17, 15) is 4.39 Å². The van der Waals surface area contributed by atoms with E-state index in [4.69, 9.17) is 9.47 Å². The fraction of sp³-hybridized carbons (Fsp3) is 0.538. The molecule has 96 valence electrons. The minimum Gasteiger partial charge on any atom is -0.497 e. The van der Waals surface area contributed by atoms with Gasteiger partial charge in [-0.3, -0.25) is 0 Å². The number of halogens is 1. The van der Waals surface area contributed by atoms with Gasteiger partial charge in [0.25, 0.3) is 0 Å². The summed E-state index contributed by atoms with van der Waals surface area (Å²) in [7, 11) is 3.23. The fourth-order valence-electron chi connectivity index (χ4n) is 1.37. The molecular weight excluding hydrogens is 221 g/mol. The summed E-state index contributed by atoms with van der Waals surface area (Å²) in [5.74, 6) is 0.362. The normalized spacial score (nSPS) is 11.4. The monoisotopic (exact) mass is 241 g/mol. The van der Waals surface area contributed by atoms with Crippen molar-refractivity contribution in [2.24, 2.45) is 0 Å². The Hall–Kier alpha value is -1.29. The molecule has 0 aromatic heterocycles. The van der Waals surface area contributed by atoms with Crippen molar-refractivity contribution in [3.8, 4) is 5.75 Å². The third kappa shape index (κ3) is 4.23. The van der Waals surface area contributed by atoms with Crippen LogP contribution in [0.1, 0.15) is 20.3 Å². The zero-order valence-electron chi connectivity index (χ0n) is 10.8. The standard InChI is InChI=1S/C13H20FNO2/c1-13(2,17-4)7-8-15-12-9-10(16-3)5-6-11(12)14/h5-6,9,15H,7-8H2,1-4H3. The largest absolute Gasteiger partial charge is 0.497 e. The molecule has 0 radical (unpaired) electrons. The minimum atomic E-state index is -0.277. The molecular formula is C13H20FNO2. The molecule has 0 unspecified atom stereocenters. The van der Waals surface area contributed by atoms with E-state index in [1.807, 2.05) is 13.8 Å². The van der Waals surface area contributed by atoms with Gasteiger partial charge >= 0.3 is 0 Å². The van der Waals surface area contributed by atoms with Crippen LogP contribution in [0.15, 0.2) is 18.2 Å². The Morgan fingerprint density at radius 1 is 1.29 bits per heavy atom. The van der Waals surface area contributed by atoms with Gasteiger partial charge in [-0.1, -0.05) is 0 Å². The highest BCUT2D eigenvalue weighted by Crippen LogP contribution is 2.21. The summed E-state index contributed by atoms with van der Waals surface area (Å²) >= 11 is 0. The molecule has 0 atom stereocenters. The van der Waals surface area contributed by atoms with Gasteiger partial charge in [0.15, 0.2) is 0 Å². The molecule has 0 aliphatic heterocycles. The summed E-state index contributed by atoms with van der Waals surface area (Å²) < 4.78 is 23.8. The lowest BCUT2D eigenvalue weighted by molar-refractivity contribution is 0.0185. The van der Waals surface area contributed by atoms with E-state index < -0.39 is 0 Å². The SMILES string of the molecule is COc1ccc(F)c(NCCC(C)(C)OC)c1. The van der Waals surface area contributed by atoms with Gasteiger partial charge in [0, 0.05) is 19.7 Å². The van der Waals surface area contributed by atoms with E-state index >= 15 is 0 Å². The van der Waals surface area contributed by atoms with Crippen LogP contribution >= 0.6 is 0 Å². The second-order valence-corrected chi connectivity index (χ2v) is 4.49. The Kier molecular flexibility index (Phi) is 4.75. The van der Waals surface area contributed by atoms with Gasteiger partial charge in [0.2, 0.25) is 0 Å². The van der Waals surface area contributed by atoms with Gasteiger partial charge in [-0.15, -0.1) is 0 Å². The number of benzene rings is 1. The van der Waals surface area contributed by atoms with E-state index in [2.05, 4.69) is 5.32 Å². The Morgan fingerprint density at radius 2 is 2.00 bits per heavy atom. The molecule has 0 aliphatic carbocycles. The Balaban J connectivity index is 2.57. The maximum atomic E-state index is 13.5. The van der Waals surface area contributed by atoms with Gasteiger partial charge < -0.3 is 14.8 Å². The first-order valence-electron chi connectivity index (χ1n) is 5.61. The second kappa shape index (κ2) is 5.87. The average Bonchev–Trinajstić information content (AvgIpc) is 2.31. The van der Waals surface area contributed by atoms with Crippen molar-refractivity contribution in [1.82, 2.24) is 0 Å². The molecule has 17 heavy (non-hydrogen) atoms. The van der Waals surface area contributed by atoms with Crippen molar-refractivity contribution in [2.45, 2.75) is 25.9 Å². The third-order valence-electron chi connectivity index (χ3n) is 2.77. The number of nitrogens with one attached hydrogen (secondary N) is 1. The van der Waals surface area contributed by atoms with Crippen molar-refractivity contribution in [3.05, 3.63) is 24.0 Å². The van der Waals surface area contributed by atoms with E-state index in [1.54, 1.807) is 26.4 Å². The zero-order chi connectivity index (χ0) is 12.9. The molecule has 0 saturated carbocycles. The highest BCUT2D eigenvalue weighted by Gasteiger charge is 2.15. The van der Waals surface area contributed by atoms with Crippen molar-refractivity contribution >= 4 is 5.69 Å². The summed E-state index contributed by atoms with van der Waals surface area (Å²) in [6, 6.07) is 4.64. The van der Waals surface area contributed by atoms with Gasteiger partial charge in [-0.05, 0) is 32.4 Å². The molecule has 0 aliphatic rings. The minimum absolute atomic E-state index is 0.206. The highest BCUT2D eigenvalue weighted by atomic mass is 19.1. The van der Waals surface area contributed by atoms with Crippen LogP contribution < -0.4 is 10.1 Å². The van der Waals surface area contributed by atoms with Crippen LogP contribution in [-0.4, -0.2) is 26.4 Å². The van der Waals surface area contributed by atoms with E-state index in [0.717, 1.165) is 6.42 Å². The van der Waals surface area contributed by atoms with Crippen LogP contribution in [-0.2, 0) is 4.74 Å². The summed E-state index contributed by atoms with van der Waals surface area (Å²) in [6.45, 7) is 4.64. The topological polar surface area (TPSA) is 30.5 Å². The molecule has 0 bridgehead atoms. The molecule has 1 rings (SSSR count). The lowest BCUT2D eigenvalue weighted by Crippen LogP contribution is -2.25. The van der Waals surface area contributed by atoms with Crippen molar-refractivity contribution in [3.63, 3.8) is 0 Å². The van der Waals surface area contributed by atoms with Gasteiger partial charge in [0.1, 0.15) is 11.6 Å². The van der Waals surface area contributed by atoms with Crippen LogP contribution in [0.2, 0.25) is 0 Å². The molecule has 0 saturated heterocycles. The first-order chi connectivity index (χ1) is 7.98. The molecule has 0 heterocycles. The molecule has 1 aromatic rings. The van der Waals surface area contributed by atoms with Crippen molar-refractivity contribution in [2.75, 3.05) is 26.1 Å². The van der Waals surface area contributed by atoms with Crippen LogP contribution in [0.4, 0.5) is 10.1 Å². The van der Waals surface area contributed by atoms with Crippen LogP contribution in [0.5, 0.6) is 5.75 Å². The molecule has 0 fully saturated rings. The lowest BCUT2D eigenvalue weighted by atomic mass is 10.1. The maximum absolute atomic E-state index is 13.5. The number of rotatable bonds is 6. The predicted octanol–water partition coefficient (Wildman–Crippen LogP) is 3.06. The fourth-order valence-corrected chi connectivity index (χ4v) is 1.37. The average molecular weight is 241 g/mol. The summed E-state index contributed by atoms with van der Waals surface area (Å²) in [5, 5.41) is 3.04. The highest BCUT2D eigenvalue weighted by molar-refractivity contribution is 5.49. The number of anilines is 1. The van der Waals surface area contributed by atoms with Gasteiger partial charge in [-0.25, -0.2) is 4.39 Å². The first kappa shape index (κ1) is 13.8. The van der Waals surface area contributed by atoms with E-state index in [0.29, 0.717) is 18.0 Å². The third-order valence-corrected chi connectivity index (χ3v) is 2.77. The number of hydrogen-bond donors (Lipinski definition) is 1. The quantitative estimate of drug-likeness (QED) is 0.830. The first-order valence-corrected chi connectivity index (χ1v) is 5.61. The van der Waals surface area contributed by atoms with Crippen molar-refractivity contribution in [1.29, 1.82) is 0 Å². The molecule has 1 N–H and O–H groups in total. The van der Waals surface area contributed by atoms with Gasteiger partial charge in [0.05, 0.1) is 18.4 Å². The Bertz CT molecular complexity index is 366. The zero-order valence-corrected chi connectivity index (χ0v) is 10.8. The summed E-state index contributed by atoms with van der Waals surface area (Å²) in [5.41, 5.74) is 0.249. The molecule has 4 heteroatoms. The molecule has 0 amide bonds. The van der Waals surface area contributed by atoms with E-state index in [-0.39, 0.29) is 11.4 Å². The summed E-state index contributed by atoms with van der Waals surface area (Å²) in [6.07, 6.45) is 0.792. The van der Waals surface area contributed by atoms with Crippen LogP contribution in [0.25, 0.3) is 0 Å². The smallest absolute Gasteiger partial charge is 0.146 e. The maximum Gasteiger partial charge on any atom is 0.146 e. The Labute approximate surface area is 102 Å². The predicted molar refractivity (Wildman–Crippen MR) is 67.1 cm³/mol. The molecule has 0 spiro atoms. The second-order valence-electron chi connectivity index (χ2n) is 4.49. The van der Waals surface area contributed by atoms with Crippen molar-refractivity contribution < 1.29 is 13.9 Å². The van der Waals surface area contributed by atoms with Crippen LogP contribution in [0.3, 0.4) is 0 Å². The lowest BCUT2D eigenvalue weighted by Gasteiger charge is -2.23. The number of ether oxygens (including phenoxy) is 2. The van der Waals surface area contributed by atoms with Gasteiger partial charge in [-0.2, -0.15) is 0 Å². The number of methoxy groups -OCH3 is 2. The Morgan fingerprint density at radius 3 is 2.59 bits per heavy atom. The molecule has 1 aromatic carbocycles. The summed E-state index contributed by atoms with van der Waals surface area (Å²) in [4.78, 5) is 0. The molecule has 3 nitrogen and oxygen atoms in total. The van der Waals surface area contributed by atoms with E-state index in [1.165, 1.54) is 6.07 Å².